The average molecular weight is 281 g/mol. The van der Waals surface area contributed by atoms with Crippen LogP contribution in [0, 0.1) is 22.0 Å². The van der Waals surface area contributed by atoms with Crippen LogP contribution in [-0.2, 0) is 0 Å². The van der Waals surface area contributed by atoms with Gasteiger partial charge in [-0.3, -0.25) is 10.1 Å². The number of nitro groups is 1. The van der Waals surface area contributed by atoms with Crippen LogP contribution >= 0.6 is 0 Å². The molecule has 2 rings (SSSR count). The number of hydrogen-bond donors (Lipinski definition) is 3. The van der Waals surface area contributed by atoms with Crippen LogP contribution in [0.3, 0.4) is 0 Å². The van der Waals surface area contributed by atoms with Gasteiger partial charge in [0.2, 0.25) is 11.6 Å². The molecule has 0 amide bonds. The number of aromatic nitrogens is 2. The number of nitrogens with one attached hydrogen (secondary N) is 1. The Labute approximate surface area is 116 Å². The lowest BCUT2D eigenvalue weighted by atomic mass is 9.79. The molecule has 2 unspecified atom stereocenters. The molecule has 1 heterocycles. The summed E-state index contributed by atoms with van der Waals surface area (Å²) < 4.78 is 0. The number of nitrogen functional groups attached to an aromatic ring is 1. The van der Waals surface area contributed by atoms with Gasteiger partial charge in [-0.15, -0.1) is 0 Å². The van der Waals surface area contributed by atoms with E-state index in [2.05, 4.69) is 15.3 Å². The first kappa shape index (κ1) is 14.4. The summed E-state index contributed by atoms with van der Waals surface area (Å²) in [5.74, 6) is 0.540. The van der Waals surface area contributed by atoms with Crippen molar-refractivity contribution in [1.29, 1.82) is 0 Å². The maximum absolute atomic E-state index is 11.0. The van der Waals surface area contributed by atoms with Crippen molar-refractivity contribution < 1.29 is 10.0 Å². The molecule has 0 aromatic carbocycles. The smallest absolute Gasteiger partial charge is 0.352 e. The fourth-order valence-corrected chi connectivity index (χ4v) is 2.72. The Hall–Kier alpha value is -1.96. The van der Waals surface area contributed by atoms with Gasteiger partial charge in [0, 0.05) is 13.2 Å². The summed E-state index contributed by atoms with van der Waals surface area (Å²) in [6, 6.07) is 0. The first-order valence-electron chi connectivity index (χ1n) is 6.73. The largest absolute Gasteiger partial charge is 0.396 e. The van der Waals surface area contributed by atoms with Gasteiger partial charge in [0.15, 0.2) is 0 Å². The molecule has 0 spiro atoms. The predicted molar refractivity (Wildman–Crippen MR) is 74.1 cm³/mol. The van der Waals surface area contributed by atoms with E-state index >= 15 is 0 Å². The summed E-state index contributed by atoms with van der Waals surface area (Å²) >= 11 is 0. The lowest BCUT2D eigenvalue weighted by Crippen LogP contribution is -2.29. The highest BCUT2D eigenvalue weighted by Crippen LogP contribution is 2.31. The van der Waals surface area contributed by atoms with Gasteiger partial charge in [-0.1, -0.05) is 12.8 Å². The van der Waals surface area contributed by atoms with Gasteiger partial charge in [-0.25, -0.2) is 9.97 Å². The zero-order valence-corrected chi connectivity index (χ0v) is 11.2. The molecule has 1 saturated carbocycles. The van der Waals surface area contributed by atoms with Crippen molar-refractivity contribution in [2.24, 2.45) is 11.8 Å². The average Bonchev–Trinajstić information content (AvgIpc) is 2.45. The van der Waals surface area contributed by atoms with Gasteiger partial charge < -0.3 is 16.2 Å². The number of rotatable bonds is 5. The van der Waals surface area contributed by atoms with Gasteiger partial charge in [-0.05, 0) is 24.7 Å². The van der Waals surface area contributed by atoms with Gasteiger partial charge in [0.25, 0.3) is 0 Å². The van der Waals surface area contributed by atoms with Crippen molar-refractivity contribution in [3.8, 4) is 0 Å². The quantitative estimate of drug-likeness (QED) is 0.546. The Balaban J connectivity index is 2.07. The first-order valence-corrected chi connectivity index (χ1v) is 6.73. The molecule has 0 bridgehead atoms. The highest BCUT2D eigenvalue weighted by molar-refractivity contribution is 5.67. The van der Waals surface area contributed by atoms with E-state index in [1.807, 2.05) is 0 Å². The van der Waals surface area contributed by atoms with E-state index in [1.165, 1.54) is 6.33 Å². The molecule has 1 aromatic rings. The van der Waals surface area contributed by atoms with E-state index in [0.717, 1.165) is 25.7 Å². The highest BCUT2D eigenvalue weighted by atomic mass is 16.6. The van der Waals surface area contributed by atoms with E-state index < -0.39 is 4.92 Å². The summed E-state index contributed by atoms with van der Waals surface area (Å²) in [7, 11) is 0. The Morgan fingerprint density at radius 3 is 2.75 bits per heavy atom. The fourth-order valence-electron chi connectivity index (χ4n) is 2.72. The number of nitrogens with zero attached hydrogens (tertiary/aromatic N) is 3. The van der Waals surface area contributed by atoms with Crippen molar-refractivity contribution in [1.82, 2.24) is 9.97 Å². The van der Waals surface area contributed by atoms with Gasteiger partial charge in [0.1, 0.15) is 6.33 Å². The molecule has 1 aromatic heterocycles. The second kappa shape index (κ2) is 6.47. The van der Waals surface area contributed by atoms with E-state index in [4.69, 9.17) is 5.73 Å². The van der Waals surface area contributed by atoms with Crippen LogP contribution in [0.15, 0.2) is 6.33 Å². The van der Waals surface area contributed by atoms with Gasteiger partial charge in [-0.2, -0.15) is 0 Å². The van der Waals surface area contributed by atoms with Crippen LogP contribution in [-0.4, -0.2) is 33.1 Å². The van der Waals surface area contributed by atoms with E-state index in [-0.39, 0.29) is 29.8 Å². The second-order valence-electron chi connectivity index (χ2n) is 5.08. The molecule has 8 heteroatoms. The molecule has 8 nitrogen and oxygen atoms in total. The van der Waals surface area contributed by atoms with Crippen LogP contribution in [0.1, 0.15) is 25.7 Å². The molecular formula is C12H19N5O3. The lowest BCUT2D eigenvalue weighted by molar-refractivity contribution is -0.383. The van der Waals surface area contributed by atoms with Crippen LogP contribution in [0.5, 0.6) is 0 Å². The minimum absolute atomic E-state index is 0.143. The Kier molecular flexibility index (Phi) is 4.67. The number of nitrogens with two attached hydrogens (primary N) is 1. The zero-order valence-electron chi connectivity index (χ0n) is 11.2. The summed E-state index contributed by atoms with van der Waals surface area (Å²) in [6.07, 6.45) is 5.46. The molecule has 110 valence electrons. The molecule has 2 atom stereocenters. The number of aliphatic hydroxyl groups is 1. The van der Waals surface area contributed by atoms with Gasteiger partial charge in [0.05, 0.1) is 4.92 Å². The number of aliphatic hydroxyl groups excluding tert-OH is 1. The van der Waals surface area contributed by atoms with E-state index in [1.54, 1.807) is 0 Å². The Morgan fingerprint density at radius 2 is 2.10 bits per heavy atom. The molecule has 4 N–H and O–H groups in total. The van der Waals surface area contributed by atoms with Crippen molar-refractivity contribution >= 4 is 17.3 Å². The van der Waals surface area contributed by atoms with Crippen LogP contribution in [0.4, 0.5) is 17.3 Å². The summed E-state index contributed by atoms with van der Waals surface area (Å²) in [5, 5.41) is 23.3. The maximum atomic E-state index is 11.0. The SMILES string of the molecule is Nc1ncnc(NCC2CCCCC2CO)c1[N+](=O)[O-]. The topological polar surface area (TPSA) is 127 Å². The number of anilines is 2. The third-order valence-corrected chi connectivity index (χ3v) is 3.87. The molecule has 1 aliphatic rings. The van der Waals surface area contributed by atoms with Gasteiger partial charge >= 0.3 is 5.69 Å². The van der Waals surface area contributed by atoms with Crippen LogP contribution < -0.4 is 11.1 Å². The standard InChI is InChI=1S/C12H19N5O3/c13-11-10(17(19)20)12(16-7-15-11)14-5-8-3-1-2-4-9(8)6-18/h7-9,18H,1-6H2,(H3,13,14,15,16). The molecular weight excluding hydrogens is 262 g/mol. The lowest BCUT2D eigenvalue weighted by Gasteiger charge is -2.30. The van der Waals surface area contributed by atoms with Crippen molar-refractivity contribution in [2.45, 2.75) is 25.7 Å². The number of hydrogen-bond acceptors (Lipinski definition) is 7. The maximum Gasteiger partial charge on any atom is 0.352 e. The summed E-state index contributed by atoms with van der Waals surface area (Å²) in [4.78, 5) is 17.9. The van der Waals surface area contributed by atoms with Crippen molar-refractivity contribution in [3.05, 3.63) is 16.4 Å². The fraction of sp³-hybridized carbons (Fsp3) is 0.667. The minimum atomic E-state index is -0.581. The molecule has 20 heavy (non-hydrogen) atoms. The van der Waals surface area contributed by atoms with Crippen LogP contribution in [0.2, 0.25) is 0 Å². The first-order chi connectivity index (χ1) is 9.63. The summed E-state index contributed by atoms with van der Waals surface area (Å²) in [5.41, 5.74) is 5.22. The van der Waals surface area contributed by atoms with Crippen LogP contribution in [0.25, 0.3) is 0 Å². The Morgan fingerprint density at radius 1 is 1.40 bits per heavy atom. The highest BCUT2D eigenvalue weighted by Gasteiger charge is 2.26. The Bertz CT molecular complexity index is 482. The molecule has 0 aliphatic heterocycles. The van der Waals surface area contributed by atoms with Crippen molar-refractivity contribution in [2.75, 3.05) is 24.2 Å². The molecule has 0 saturated heterocycles. The third kappa shape index (κ3) is 3.13. The second-order valence-corrected chi connectivity index (χ2v) is 5.08. The minimum Gasteiger partial charge on any atom is -0.396 e. The molecule has 0 radical (unpaired) electrons. The van der Waals surface area contributed by atoms with E-state index in [9.17, 15) is 15.2 Å². The zero-order chi connectivity index (χ0) is 14.5. The van der Waals surface area contributed by atoms with Crippen molar-refractivity contribution in [3.63, 3.8) is 0 Å². The monoisotopic (exact) mass is 281 g/mol. The predicted octanol–water partition coefficient (Wildman–Crippen LogP) is 1.18. The summed E-state index contributed by atoms with van der Waals surface area (Å²) in [6.45, 7) is 0.697. The molecule has 1 fully saturated rings. The third-order valence-electron chi connectivity index (χ3n) is 3.87. The normalized spacial score (nSPS) is 22.4. The van der Waals surface area contributed by atoms with E-state index in [0.29, 0.717) is 12.5 Å². The molecule has 1 aliphatic carbocycles.